The number of aromatic hydroxyl groups is 1. The molecule has 0 bridgehead atoms. The van der Waals surface area contributed by atoms with Gasteiger partial charge in [0, 0.05) is 10.8 Å². The van der Waals surface area contributed by atoms with E-state index in [9.17, 15) is 10.0 Å². The third-order valence-electron chi connectivity index (χ3n) is 3.57. The van der Waals surface area contributed by atoms with Crippen LogP contribution in [0.4, 0.5) is 5.69 Å². The lowest BCUT2D eigenvalue weighted by Crippen LogP contribution is -1.90. The largest absolute Gasteiger partial charge is 0.506 e. The van der Waals surface area contributed by atoms with Crippen LogP contribution in [0.3, 0.4) is 0 Å². The Morgan fingerprint density at radius 3 is 1.76 bits per heavy atom. The van der Waals surface area contributed by atoms with Crippen molar-refractivity contribution in [2.45, 2.75) is 0 Å². The Balaban J connectivity index is 2.66. The van der Waals surface area contributed by atoms with Crippen LogP contribution < -0.4 is 9.47 Å². The molecular formula is C16H13NO4. The maximum atomic E-state index is 11.3. The molecule has 3 aromatic carbocycles. The highest BCUT2D eigenvalue weighted by atomic mass is 16.5. The van der Waals surface area contributed by atoms with E-state index in [1.54, 1.807) is 36.4 Å². The van der Waals surface area contributed by atoms with Crippen molar-refractivity contribution in [3.05, 3.63) is 41.3 Å². The number of ether oxygens (including phenoxy) is 2. The number of fused-ring (bicyclic) bond motifs is 2. The molecule has 0 amide bonds. The van der Waals surface area contributed by atoms with Crippen LogP contribution in [0.5, 0.6) is 17.2 Å². The monoisotopic (exact) mass is 283 g/mol. The van der Waals surface area contributed by atoms with E-state index in [4.69, 9.17) is 9.47 Å². The summed E-state index contributed by atoms with van der Waals surface area (Å²) in [7, 11) is 3.02. The number of rotatable bonds is 3. The molecule has 0 unspecified atom stereocenters. The third-order valence-corrected chi connectivity index (χ3v) is 3.57. The highest BCUT2D eigenvalue weighted by molar-refractivity contribution is 6.17. The van der Waals surface area contributed by atoms with Crippen LogP contribution in [0.25, 0.3) is 21.5 Å². The Morgan fingerprint density at radius 2 is 1.38 bits per heavy atom. The molecule has 0 saturated carbocycles. The Hall–Kier alpha value is -2.82. The number of hydrogen-bond acceptors (Lipinski definition) is 5. The molecule has 3 aromatic rings. The molecule has 0 radical (unpaired) electrons. The second-order valence-electron chi connectivity index (χ2n) is 4.55. The average Bonchev–Trinajstić information content (AvgIpc) is 2.54. The third kappa shape index (κ3) is 1.78. The van der Waals surface area contributed by atoms with Gasteiger partial charge in [-0.15, -0.1) is 4.91 Å². The number of methoxy groups -OCH3 is 2. The van der Waals surface area contributed by atoms with Crippen molar-refractivity contribution in [3.63, 3.8) is 0 Å². The Bertz CT molecular complexity index is 793. The molecule has 0 saturated heterocycles. The zero-order chi connectivity index (χ0) is 15.0. The van der Waals surface area contributed by atoms with Crippen LogP contribution in [-0.4, -0.2) is 19.3 Å². The zero-order valence-corrected chi connectivity index (χ0v) is 11.6. The van der Waals surface area contributed by atoms with Gasteiger partial charge >= 0.3 is 0 Å². The fourth-order valence-electron chi connectivity index (χ4n) is 2.65. The summed E-state index contributed by atoms with van der Waals surface area (Å²) in [5, 5.41) is 15.8. The maximum absolute atomic E-state index is 11.3. The topological polar surface area (TPSA) is 68.1 Å². The van der Waals surface area contributed by atoms with E-state index in [0.717, 1.165) is 0 Å². The number of nitroso groups, excluding NO2 is 1. The lowest BCUT2D eigenvalue weighted by Gasteiger charge is -2.14. The molecule has 0 aliphatic carbocycles. The van der Waals surface area contributed by atoms with Crippen molar-refractivity contribution in [3.8, 4) is 17.2 Å². The van der Waals surface area contributed by atoms with Gasteiger partial charge < -0.3 is 14.6 Å². The summed E-state index contributed by atoms with van der Waals surface area (Å²) in [6.45, 7) is 0. The molecule has 0 aliphatic rings. The van der Waals surface area contributed by atoms with Crippen LogP contribution >= 0.6 is 0 Å². The molecule has 0 heterocycles. The summed E-state index contributed by atoms with van der Waals surface area (Å²) in [4.78, 5) is 11.3. The molecule has 106 valence electrons. The molecule has 21 heavy (non-hydrogen) atoms. The highest BCUT2D eigenvalue weighted by Crippen LogP contribution is 2.48. The van der Waals surface area contributed by atoms with Crippen LogP contribution in [-0.2, 0) is 0 Å². The van der Waals surface area contributed by atoms with E-state index < -0.39 is 0 Å². The first-order valence-corrected chi connectivity index (χ1v) is 6.34. The van der Waals surface area contributed by atoms with Gasteiger partial charge in [0.1, 0.15) is 22.9 Å². The maximum Gasteiger partial charge on any atom is 0.138 e. The van der Waals surface area contributed by atoms with Crippen molar-refractivity contribution in [1.29, 1.82) is 0 Å². The summed E-state index contributed by atoms with van der Waals surface area (Å²) in [6, 6.07) is 10.4. The smallest absolute Gasteiger partial charge is 0.138 e. The minimum atomic E-state index is 0.0160. The van der Waals surface area contributed by atoms with Crippen molar-refractivity contribution in [2.24, 2.45) is 5.18 Å². The van der Waals surface area contributed by atoms with Gasteiger partial charge in [-0.25, -0.2) is 0 Å². The van der Waals surface area contributed by atoms with E-state index in [1.165, 1.54) is 14.2 Å². The SMILES string of the molecule is COc1cccc2c(N=O)c3cccc(OC)c3c(O)c12. The molecule has 0 atom stereocenters. The van der Waals surface area contributed by atoms with Crippen molar-refractivity contribution in [2.75, 3.05) is 14.2 Å². The number of phenols is 1. The molecule has 5 heteroatoms. The van der Waals surface area contributed by atoms with Crippen molar-refractivity contribution < 1.29 is 14.6 Å². The average molecular weight is 283 g/mol. The quantitative estimate of drug-likeness (QED) is 0.580. The van der Waals surface area contributed by atoms with Crippen LogP contribution in [0.1, 0.15) is 0 Å². The van der Waals surface area contributed by atoms with E-state index in [0.29, 0.717) is 33.0 Å². The fraction of sp³-hybridized carbons (Fsp3) is 0.125. The van der Waals surface area contributed by atoms with Gasteiger partial charge in [-0.05, 0) is 17.3 Å². The minimum absolute atomic E-state index is 0.0160. The zero-order valence-electron chi connectivity index (χ0n) is 11.6. The molecule has 0 aliphatic heterocycles. The van der Waals surface area contributed by atoms with Gasteiger partial charge in [-0.3, -0.25) is 0 Å². The van der Waals surface area contributed by atoms with Crippen molar-refractivity contribution in [1.82, 2.24) is 0 Å². The molecule has 5 nitrogen and oxygen atoms in total. The van der Waals surface area contributed by atoms with Gasteiger partial charge in [-0.1, -0.05) is 24.3 Å². The fourth-order valence-corrected chi connectivity index (χ4v) is 2.65. The first-order chi connectivity index (χ1) is 10.2. The number of hydrogen-bond donors (Lipinski definition) is 1. The lowest BCUT2D eigenvalue weighted by molar-refractivity contribution is 0.412. The van der Waals surface area contributed by atoms with E-state index in [-0.39, 0.29) is 11.4 Å². The standard InChI is InChI=1S/C16H13NO4/c1-20-11-7-3-5-9-13(11)16(18)14-10(15(9)17-19)6-4-8-12(14)21-2/h3-8,18H,1-2H3. The summed E-state index contributed by atoms with van der Waals surface area (Å²) < 4.78 is 10.6. The molecule has 0 spiro atoms. The van der Waals surface area contributed by atoms with Crippen LogP contribution in [0, 0.1) is 4.91 Å². The van der Waals surface area contributed by atoms with Gasteiger partial charge in [-0.2, -0.15) is 0 Å². The lowest BCUT2D eigenvalue weighted by atomic mass is 9.98. The molecule has 0 fully saturated rings. The predicted molar refractivity (Wildman–Crippen MR) is 81.7 cm³/mol. The first-order valence-electron chi connectivity index (χ1n) is 6.34. The summed E-state index contributed by atoms with van der Waals surface area (Å²) in [5.41, 5.74) is 0.260. The van der Waals surface area contributed by atoms with Crippen molar-refractivity contribution >= 4 is 27.2 Å². The van der Waals surface area contributed by atoms with E-state index in [1.807, 2.05) is 0 Å². The molecule has 1 N–H and O–H groups in total. The van der Waals surface area contributed by atoms with Gasteiger partial charge in [0.2, 0.25) is 0 Å². The Morgan fingerprint density at radius 1 is 0.905 bits per heavy atom. The van der Waals surface area contributed by atoms with Gasteiger partial charge in [0.15, 0.2) is 0 Å². The van der Waals surface area contributed by atoms with Crippen LogP contribution in [0.2, 0.25) is 0 Å². The molecular weight excluding hydrogens is 270 g/mol. The van der Waals surface area contributed by atoms with Crippen LogP contribution in [0.15, 0.2) is 41.6 Å². The second-order valence-corrected chi connectivity index (χ2v) is 4.55. The Labute approximate surface area is 120 Å². The molecule has 0 aromatic heterocycles. The Kier molecular flexibility index (Phi) is 3.10. The predicted octanol–water partition coefficient (Wildman–Crippen LogP) is 4.11. The highest BCUT2D eigenvalue weighted by Gasteiger charge is 2.19. The van der Waals surface area contributed by atoms with E-state index >= 15 is 0 Å². The summed E-state index contributed by atoms with van der Waals surface area (Å²) >= 11 is 0. The van der Waals surface area contributed by atoms with Gasteiger partial charge in [0.25, 0.3) is 0 Å². The summed E-state index contributed by atoms with van der Waals surface area (Å²) in [6.07, 6.45) is 0. The molecule has 3 rings (SSSR count). The van der Waals surface area contributed by atoms with E-state index in [2.05, 4.69) is 5.18 Å². The first kappa shape index (κ1) is 13.2. The minimum Gasteiger partial charge on any atom is -0.506 e. The number of phenolic OH excluding ortho intramolecular Hbond substituents is 1. The van der Waals surface area contributed by atoms with Gasteiger partial charge in [0.05, 0.1) is 25.0 Å². The number of nitrogens with zero attached hydrogens (tertiary/aromatic N) is 1. The number of benzene rings is 3. The normalized spacial score (nSPS) is 10.8. The summed E-state index contributed by atoms with van der Waals surface area (Å²) in [5.74, 6) is 0.965. The second kappa shape index (κ2) is 4.94.